The number of aromatic nitrogens is 2. The van der Waals surface area contributed by atoms with Gasteiger partial charge in [0, 0.05) is 38.9 Å². The predicted octanol–water partition coefficient (Wildman–Crippen LogP) is 3.22. The Kier molecular flexibility index (Phi) is 7.53. The summed E-state index contributed by atoms with van der Waals surface area (Å²) >= 11 is 5.43. The van der Waals surface area contributed by atoms with Crippen LogP contribution in [0.1, 0.15) is 16.2 Å². The van der Waals surface area contributed by atoms with Gasteiger partial charge in [0.05, 0.1) is 22.5 Å². The van der Waals surface area contributed by atoms with Gasteiger partial charge in [-0.15, -0.1) is 0 Å². The van der Waals surface area contributed by atoms with E-state index in [1.54, 1.807) is 41.8 Å². The number of sulfonamides is 1. The largest absolute Gasteiger partial charge is 0.354 e. The Morgan fingerprint density at radius 1 is 1.27 bits per heavy atom. The maximum Gasteiger partial charge on any atom is 0.269 e. The number of amides is 1. The molecule has 2 N–H and O–H groups in total. The van der Waals surface area contributed by atoms with Gasteiger partial charge in [0.2, 0.25) is 10.0 Å². The van der Waals surface area contributed by atoms with Crippen LogP contribution in [0.15, 0.2) is 53.2 Å². The first-order valence-corrected chi connectivity index (χ1v) is 11.9. The van der Waals surface area contributed by atoms with Crippen LogP contribution in [0.2, 0.25) is 0 Å². The number of rotatable bonds is 8. The molecule has 11 heteroatoms. The third-order valence-electron chi connectivity index (χ3n) is 5.24. The van der Waals surface area contributed by atoms with Crippen molar-refractivity contribution in [1.82, 2.24) is 24.0 Å². The van der Waals surface area contributed by atoms with Gasteiger partial charge >= 0.3 is 0 Å². The van der Waals surface area contributed by atoms with Crippen LogP contribution in [-0.4, -0.2) is 55.9 Å². The molecule has 0 radical (unpaired) electrons. The van der Waals surface area contributed by atoms with Gasteiger partial charge in [-0.3, -0.25) is 4.79 Å². The van der Waals surface area contributed by atoms with Crippen molar-refractivity contribution in [2.75, 3.05) is 27.7 Å². The molecule has 0 fully saturated rings. The van der Waals surface area contributed by atoms with E-state index in [2.05, 4.69) is 15.1 Å². The second-order valence-corrected chi connectivity index (χ2v) is 9.91. The summed E-state index contributed by atoms with van der Waals surface area (Å²) in [6.45, 7) is 1.89. The average molecular weight is 494 g/mol. The highest BCUT2D eigenvalue weighted by Crippen LogP contribution is 2.35. The molecular weight excluding hydrogens is 469 g/mol. The minimum atomic E-state index is -3.67. The Morgan fingerprint density at radius 3 is 2.64 bits per heavy atom. The zero-order valence-corrected chi connectivity index (χ0v) is 20.3. The normalized spacial score (nSPS) is 12.5. The molecule has 0 aliphatic heterocycles. The van der Waals surface area contributed by atoms with Crippen molar-refractivity contribution in [1.29, 1.82) is 0 Å². The lowest BCUT2D eigenvalue weighted by molar-refractivity contribution is 0.0958. The first-order chi connectivity index (χ1) is 15.6. The van der Waals surface area contributed by atoms with Crippen LogP contribution in [-0.2, 0) is 16.6 Å². The lowest BCUT2D eigenvalue weighted by Crippen LogP contribution is -2.22. The van der Waals surface area contributed by atoms with E-state index in [0.717, 1.165) is 4.31 Å². The molecule has 0 spiro atoms. The summed E-state index contributed by atoms with van der Waals surface area (Å²) in [4.78, 5) is 19.2. The topological polar surface area (TPSA) is 96.3 Å². The van der Waals surface area contributed by atoms with Crippen molar-refractivity contribution >= 4 is 38.7 Å². The summed E-state index contributed by atoms with van der Waals surface area (Å²) in [5.41, 5.74) is 3.16. The minimum Gasteiger partial charge on any atom is -0.354 e. The number of pyridine rings is 1. The summed E-state index contributed by atoms with van der Waals surface area (Å²) in [6, 6.07) is 9.74. The van der Waals surface area contributed by atoms with Crippen molar-refractivity contribution in [3.8, 4) is 11.1 Å². The monoisotopic (exact) mass is 493 g/mol. The van der Waals surface area contributed by atoms with Crippen molar-refractivity contribution in [3.63, 3.8) is 0 Å². The SMILES string of the molecule is CNC(=O)c1ccc2c(n1)c(-c1cccc(S(=O)(=O)N(C)C)c1)c(C)n2C/C(F)=C/CNCl. The second-order valence-electron chi connectivity index (χ2n) is 7.49. The molecule has 0 aliphatic carbocycles. The molecule has 0 atom stereocenters. The van der Waals surface area contributed by atoms with Gasteiger partial charge in [0.25, 0.3) is 5.91 Å². The van der Waals surface area contributed by atoms with Crippen LogP contribution in [0.3, 0.4) is 0 Å². The standard InChI is InChI=1S/C22H25ClFN5O3S/c1-14-20(15-6-5-7-17(12-15)33(31,32)28(3)4)21-19(9-8-18(27-21)22(30)25-2)29(14)13-16(24)10-11-26-23/h5-10,12,26H,11,13H2,1-4H3,(H,25,30)/b16-10-. The Labute approximate surface area is 197 Å². The zero-order chi connectivity index (χ0) is 24.3. The summed E-state index contributed by atoms with van der Waals surface area (Å²) < 4.78 is 42.8. The Hall–Kier alpha value is -2.79. The number of benzene rings is 1. The second kappa shape index (κ2) is 10.0. The Balaban J connectivity index is 2.28. The number of carbonyl (C=O) groups excluding carboxylic acids is 1. The molecule has 176 valence electrons. The Bertz CT molecular complexity index is 1340. The van der Waals surface area contributed by atoms with Gasteiger partial charge in [-0.05, 0) is 54.6 Å². The van der Waals surface area contributed by atoms with Crippen molar-refractivity contribution in [2.24, 2.45) is 0 Å². The maximum absolute atomic E-state index is 14.5. The molecule has 0 bridgehead atoms. The lowest BCUT2D eigenvalue weighted by Gasteiger charge is -2.12. The molecule has 2 heterocycles. The van der Waals surface area contributed by atoms with E-state index in [0.29, 0.717) is 27.9 Å². The maximum atomic E-state index is 14.5. The molecule has 2 aromatic heterocycles. The number of nitrogens with zero attached hydrogens (tertiary/aromatic N) is 3. The highest BCUT2D eigenvalue weighted by atomic mass is 35.5. The molecule has 1 amide bonds. The summed E-state index contributed by atoms with van der Waals surface area (Å²) in [5.74, 6) is -0.773. The van der Waals surface area contributed by atoms with Gasteiger partial charge in [0.1, 0.15) is 11.5 Å². The van der Waals surface area contributed by atoms with Gasteiger partial charge < -0.3 is 9.88 Å². The number of carbonyl (C=O) groups is 1. The number of hydrogen-bond donors (Lipinski definition) is 2. The van der Waals surface area contributed by atoms with E-state index in [1.165, 1.54) is 33.3 Å². The van der Waals surface area contributed by atoms with E-state index in [4.69, 9.17) is 11.8 Å². The highest BCUT2D eigenvalue weighted by molar-refractivity contribution is 7.89. The smallest absolute Gasteiger partial charge is 0.269 e. The van der Waals surface area contributed by atoms with Gasteiger partial charge in [-0.1, -0.05) is 12.1 Å². The van der Waals surface area contributed by atoms with Crippen molar-refractivity contribution in [3.05, 3.63) is 59.7 Å². The van der Waals surface area contributed by atoms with E-state index in [1.807, 2.05) is 0 Å². The summed E-state index contributed by atoms with van der Waals surface area (Å²) in [6.07, 6.45) is 1.33. The average Bonchev–Trinajstić information content (AvgIpc) is 3.07. The summed E-state index contributed by atoms with van der Waals surface area (Å²) in [5, 5.41) is 2.54. The third kappa shape index (κ3) is 4.93. The van der Waals surface area contributed by atoms with E-state index < -0.39 is 15.9 Å². The number of hydrogen-bond acceptors (Lipinski definition) is 5. The number of halogens is 2. The van der Waals surface area contributed by atoms with Crippen LogP contribution in [0.25, 0.3) is 22.2 Å². The molecule has 8 nitrogen and oxygen atoms in total. The van der Waals surface area contributed by atoms with Crippen LogP contribution in [0.4, 0.5) is 4.39 Å². The molecule has 33 heavy (non-hydrogen) atoms. The van der Waals surface area contributed by atoms with E-state index in [-0.39, 0.29) is 29.6 Å². The first kappa shape index (κ1) is 24.8. The molecule has 0 saturated heterocycles. The molecule has 0 unspecified atom stereocenters. The van der Waals surface area contributed by atoms with Crippen LogP contribution in [0, 0.1) is 6.92 Å². The van der Waals surface area contributed by atoms with Gasteiger partial charge in [-0.25, -0.2) is 26.9 Å². The van der Waals surface area contributed by atoms with Crippen LogP contribution in [0.5, 0.6) is 0 Å². The fourth-order valence-corrected chi connectivity index (χ4v) is 4.56. The number of fused-ring (bicyclic) bond motifs is 1. The van der Waals surface area contributed by atoms with Gasteiger partial charge in [0.15, 0.2) is 0 Å². The van der Waals surface area contributed by atoms with Crippen LogP contribution < -0.4 is 10.2 Å². The molecule has 0 aliphatic rings. The number of allylic oxidation sites excluding steroid dienone is 1. The first-order valence-electron chi connectivity index (χ1n) is 10.0. The molecule has 3 aromatic rings. The predicted molar refractivity (Wildman–Crippen MR) is 127 cm³/mol. The quantitative estimate of drug-likeness (QED) is 0.470. The highest BCUT2D eigenvalue weighted by Gasteiger charge is 2.22. The molecule has 0 saturated carbocycles. The van der Waals surface area contributed by atoms with Gasteiger partial charge in [-0.2, -0.15) is 0 Å². The molecular formula is C22H25ClFN5O3S. The third-order valence-corrected chi connectivity index (χ3v) is 7.20. The number of nitrogens with one attached hydrogen (secondary N) is 2. The fraction of sp³-hybridized carbons (Fsp3) is 0.273. The van der Waals surface area contributed by atoms with Crippen molar-refractivity contribution < 1.29 is 17.6 Å². The van der Waals surface area contributed by atoms with E-state index in [9.17, 15) is 17.6 Å². The lowest BCUT2D eigenvalue weighted by atomic mass is 10.0. The van der Waals surface area contributed by atoms with Crippen LogP contribution >= 0.6 is 11.8 Å². The zero-order valence-electron chi connectivity index (χ0n) is 18.7. The Morgan fingerprint density at radius 2 is 2.00 bits per heavy atom. The van der Waals surface area contributed by atoms with Crippen molar-refractivity contribution in [2.45, 2.75) is 18.4 Å². The molecule has 1 aromatic carbocycles. The molecule has 3 rings (SSSR count). The summed E-state index contributed by atoms with van der Waals surface area (Å²) in [7, 11) is 0.757. The van der Waals surface area contributed by atoms with E-state index >= 15 is 0 Å². The fourth-order valence-electron chi connectivity index (χ4n) is 3.53. The minimum absolute atomic E-state index is 0.0718.